The number of benzene rings is 1. The van der Waals surface area contributed by atoms with Gasteiger partial charge in [-0.1, -0.05) is 0 Å². The minimum atomic E-state index is -0.379. The maximum atomic E-state index is 13.2. The van der Waals surface area contributed by atoms with Gasteiger partial charge >= 0.3 is 0 Å². The van der Waals surface area contributed by atoms with Gasteiger partial charge in [-0.3, -0.25) is 9.78 Å². The van der Waals surface area contributed by atoms with E-state index in [4.69, 9.17) is 10.2 Å². The highest BCUT2D eigenvalue weighted by Gasteiger charge is 2.18. The van der Waals surface area contributed by atoms with Crippen molar-refractivity contribution in [1.29, 1.82) is 0 Å². The average molecular weight is 292 g/mol. The number of nitrogens with zero attached hydrogens (tertiary/aromatic N) is 2. The number of aliphatic hydroxyl groups excluding tert-OH is 2. The zero-order valence-electron chi connectivity index (χ0n) is 11.7. The summed E-state index contributed by atoms with van der Waals surface area (Å²) in [4.78, 5) is 18.1. The van der Waals surface area contributed by atoms with Crippen molar-refractivity contribution in [3.63, 3.8) is 0 Å². The summed E-state index contributed by atoms with van der Waals surface area (Å²) in [6, 6.07) is 5.85. The van der Waals surface area contributed by atoms with E-state index in [9.17, 15) is 9.18 Å². The average Bonchev–Trinajstić information content (AvgIpc) is 2.45. The summed E-state index contributed by atoms with van der Waals surface area (Å²) in [7, 11) is 0. The molecule has 2 N–H and O–H groups in total. The number of halogens is 1. The van der Waals surface area contributed by atoms with Crippen LogP contribution in [0.25, 0.3) is 10.9 Å². The van der Waals surface area contributed by atoms with Crippen LogP contribution < -0.4 is 0 Å². The lowest BCUT2D eigenvalue weighted by Crippen LogP contribution is -2.36. The van der Waals surface area contributed by atoms with E-state index >= 15 is 0 Å². The Morgan fingerprint density at radius 2 is 1.90 bits per heavy atom. The van der Waals surface area contributed by atoms with E-state index in [-0.39, 0.29) is 38.0 Å². The molecule has 0 aliphatic rings. The SMILES string of the molecule is Cc1nc2cc(F)ccc2cc1C(=O)N(CCO)CCO. The number of rotatable bonds is 5. The van der Waals surface area contributed by atoms with Gasteiger partial charge in [0.1, 0.15) is 5.82 Å². The summed E-state index contributed by atoms with van der Waals surface area (Å²) in [5.41, 5.74) is 1.36. The van der Waals surface area contributed by atoms with Gasteiger partial charge in [0.05, 0.1) is 30.0 Å². The Morgan fingerprint density at radius 1 is 1.24 bits per heavy atom. The normalized spacial score (nSPS) is 10.9. The van der Waals surface area contributed by atoms with Crippen LogP contribution in [-0.4, -0.2) is 52.3 Å². The molecule has 2 rings (SSSR count). The molecular formula is C15H17FN2O3. The van der Waals surface area contributed by atoms with Gasteiger partial charge in [-0.15, -0.1) is 0 Å². The first-order valence-corrected chi connectivity index (χ1v) is 6.64. The lowest BCUT2D eigenvalue weighted by atomic mass is 10.1. The zero-order chi connectivity index (χ0) is 15.4. The number of fused-ring (bicyclic) bond motifs is 1. The van der Waals surface area contributed by atoms with Crippen LogP contribution in [0.3, 0.4) is 0 Å². The predicted octanol–water partition coefficient (Wildman–Crippen LogP) is 1.11. The third-order valence-corrected chi connectivity index (χ3v) is 3.23. The topological polar surface area (TPSA) is 73.7 Å². The van der Waals surface area contributed by atoms with Crippen LogP contribution in [0.2, 0.25) is 0 Å². The summed E-state index contributed by atoms with van der Waals surface area (Å²) in [6.07, 6.45) is 0. The quantitative estimate of drug-likeness (QED) is 0.866. The van der Waals surface area contributed by atoms with Gasteiger partial charge in [0, 0.05) is 24.5 Å². The Morgan fingerprint density at radius 3 is 2.52 bits per heavy atom. The molecule has 1 heterocycles. The van der Waals surface area contributed by atoms with Crippen molar-refractivity contribution < 1.29 is 19.4 Å². The highest BCUT2D eigenvalue weighted by Crippen LogP contribution is 2.19. The number of carbonyl (C=O) groups excluding carboxylic acids is 1. The molecule has 21 heavy (non-hydrogen) atoms. The van der Waals surface area contributed by atoms with Crippen molar-refractivity contribution in [2.75, 3.05) is 26.3 Å². The molecule has 1 aromatic heterocycles. The number of pyridine rings is 1. The minimum Gasteiger partial charge on any atom is -0.395 e. The molecule has 1 aromatic carbocycles. The Balaban J connectivity index is 2.42. The molecule has 2 aromatic rings. The van der Waals surface area contributed by atoms with E-state index < -0.39 is 0 Å². The molecule has 0 radical (unpaired) electrons. The molecule has 1 amide bonds. The van der Waals surface area contributed by atoms with Gasteiger partial charge in [-0.05, 0) is 25.1 Å². The number of aryl methyl sites for hydroxylation is 1. The van der Waals surface area contributed by atoms with Gasteiger partial charge in [0.2, 0.25) is 0 Å². The Hall–Kier alpha value is -2.05. The fraction of sp³-hybridized carbons (Fsp3) is 0.333. The Labute approximate surface area is 121 Å². The summed E-state index contributed by atoms with van der Waals surface area (Å²) < 4.78 is 13.2. The van der Waals surface area contributed by atoms with Gasteiger partial charge in [-0.2, -0.15) is 0 Å². The largest absolute Gasteiger partial charge is 0.395 e. The van der Waals surface area contributed by atoms with Crippen molar-refractivity contribution in [3.05, 3.63) is 41.3 Å². The number of aromatic nitrogens is 1. The van der Waals surface area contributed by atoms with Gasteiger partial charge in [0.25, 0.3) is 5.91 Å². The number of hydrogen-bond donors (Lipinski definition) is 2. The van der Waals surface area contributed by atoms with Gasteiger partial charge < -0.3 is 15.1 Å². The smallest absolute Gasteiger partial charge is 0.255 e. The van der Waals surface area contributed by atoms with Gasteiger partial charge in [0.15, 0.2) is 0 Å². The zero-order valence-corrected chi connectivity index (χ0v) is 11.7. The number of amides is 1. The highest BCUT2D eigenvalue weighted by molar-refractivity contribution is 5.98. The van der Waals surface area contributed by atoms with E-state index in [1.165, 1.54) is 17.0 Å². The van der Waals surface area contributed by atoms with E-state index in [0.717, 1.165) is 0 Å². The van der Waals surface area contributed by atoms with Crippen LogP contribution in [0, 0.1) is 12.7 Å². The fourth-order valence-corrected chi connectivity index (χ4v) is 2.18. The van der Waals surface area contributed by atoms with Crippen LogP contribution in [0.1, 0.15) is 16.1 Å². The summed E-state index contributed by atoms with van der Waals surface area (Å²) in [6.45, 7) is 1.59. The second-order valence-corrected chi connectivity index (χ2v) is 4.70. The molecule has 0 saturated carbocycles. The molecule has 0 fully saturated rings. The molecule has 6 heteroatoms. The molecule has 0 unspecified atom stereocenters. The summed E-state index contributed by atoms with van der Waals surface area (Å²) in [5, 5.41) is 18.7. The molecule has 5 nitrogen and oxygen atoms in total. The predicted molar refractivity (Wildman–Crippen MR) is 76.5 cm³/mol. The third-order valence-electron chi connectivity index (χ3n) is 3.23. The van der Waals surface area contributed by atoms with Crippen molar-refractivity contribution >= 4 is 16.8 Å². The van der Waals surface area contributed by atoms with Crippen molar-refractivity contribution in [2.45, 2.75) is 6.92 Å². The maximum Gasteiger partial charge on any atom is 0.255 e. The van der Waals surface area contributed by atoms with Crippen molar-refractivity contribution in [2.24, 2.45) is 0 Å². The minimum absolute atomic E-state index is 0.139. The van der Waals surface area contributed by atoms with Crippen molar-refractivity contribution in [1.82, 2.24) is 9.88 Å². The summed E-state index contributed by atoms with van der Waals surface area (Å²) >= 11 is 0. The fourth-order valence-electron chi connectivity index (χ4n) is 2.18. The van der Waals surface area contributed by atoms with Crippen molar-refractivity contribution in [3.8, 4) is 0 Å². The first-order valence-electron chi connectivity index (χ1n) is 6.64. The van der Waals surface area contributed by atoms with Crippen LogP contribution >= 0.6 is 0 Å². The number of carbonyl (C=O) groups is 1. The molecule has 0 aliphatic carbocycles. The van der Waals surface area contributed by atoms with E-state index in [0.29, 0.717) is 22.2 Å². The molecule has 0 bridgehead atoms. The molecule has 0 spiro atoms. The summed E-state index contributed by atoms with van der Waals surface area (Å²) in [5.74, 6) is -0.690. The number of aliphatic hydroxyl groups is 2. The van der Waals surface area contributed by atoms with Gasteiger partial charge in [-0.25, -0.2) is 4.39 Å². The van der Waals surface area contributed by atoms with Crippen LogP contribution in [-0.2, 0) is 0 Å². The lowest BCUT2D eigenvalue weighted by Gasteiger charge is -2.21. The molecule has 112 valence electrons. The molecular weight excluding hydrogens is 275 g/mol. The van der Waals surface area contributed by atoms with E-state index in [1.807, 2.05) is 0 Å². The maximum absolute atomic E-state index is 13.2. The van der Waals surface area contributed by atoms with Crippen LogP contribution in [0.4, 0.5) is 4.39 Å². The lowest BCUT2D eigenvalue weighted by molar-refractivity contribution is 0.0684. The monoisotopic (exact) mass is 292 g/mol. The Bertz CT molecular complexity index is 655. The third kappa shape index (κ3) is 3.34. The van der Waals surface area contributed by atoms with E-state index in [2.05, 4.69) is 4.98 Å². The molecule has 0 saturated heterocycles. The van der Waals surface area contributed by atoms with Crippen LogP contribution in [0.5, 0.6) is 0 Å². The highest BCUT2D eigenvalue weighted by atomic mass is 19.1. The van der Waals surface area contributed by atoms with E-state index in [1.54, 1.807) is 19.1 Å². The second-order valence-electron chi connectivity index (χ2n) is 4.70. The standard InChI is InChI=1S/C15H17FN2O3/c1-10-13(15(21)18(4-6-19)5-7-20)8-11-2-3-12(16)9-14(11)17-10/h2-3,8-9,19-20H,4-7H2,1H3. The second kappa shape index (κ2) is 6.60. The Kier molecular flexibility index (Phi) is 4.82. The molecule has 0 aliphatic heterocycles. The first kappa shape index (κ1) is 15.3. The number of hydrogen-bond acceptors (Lipinski definition) is 4. The molecule has 0 atom stereocenters. The van der Waals surface area contributed by atoms with Crippen LogP contribution in [0.15, 0.2) is 24.3 Å². The first-order chi connectivity index (χ1) is 10.1.